The van der Waals surface area contributed by atoms with Gasteiger partial charge in [-0.1, -0.05) is 42.5 Å². The second-order valence-corrected chi connectivity index (χ2v) is 6.95. The maximum absolute atomic E-state index is 6.14. The standard InChI is InChI=1S/C22H29NO/c1-18-8-3-4-9-19(18)13-14-20-10-5-6-12-22(20)24-17-15-21-11-7-16-23(21)2/h3-6,8-10,12,21H,7,11,13-17H2,1-2H3. The van der Waals surface area contributed by atoms with Gasteiger partial charge in [0.1, 0.15) is 5.75 Å². The van der Waals surface area contributed by atoms with Crippen LogP contribution in [0.1, 0.15) is 36.0 Å². The zero-order chi connectivity index (χ0) is 16.8. The van der Waals surface area contributed by atoms with Crippen LogP contribution in [0.2, 0.25) is 0 Å². The molecule has 1 saturated heterocycles. The number of benzene rings is 2. The average Bonchev–Trinajstić information content (AvgIpc) is 3.00. The Morgan fingerprint density at radius 1 is 1.00 bits per heavy atom. The molecule has 0 saturated carbocycles. The van der Waals surface area contributed by atoms with Crippen LogP contribution in [-0.4, -0.2) is 31.1 Å². The van der Waals surface area contributed by atoms with Crippen molar-refractivity contribution in [1.82, 2.24) is 4.90 Å². The number of hydrogen-bond donors (Lipinski definition) is 0. The van der Waals surface area contributed by atoms with Crippen LogP contribution in [-0.2, 0) is 12.8 Å². The Morgan fingerprint density at radius 2 is 1.71 bits per heavy atom. The Labute approximate surface area is 146 Å². The molecule has 1 heterocycles. The monoisotopic (exact) mass is 323 g/mol. The first-order valence-corrected chi connectivity index (χ1v) is 9.19. The van der Waals surface area contributed by atoms with Crippen LogP contribution in [0.4, 0.5) is 0 Å². The molecule has 0 spiro atoms. The molecule has 2 aromatic carbocycles. The van der Waals surface area contributed by atoms with E-state index in [9.17, 15) is 0 Å². The quantitative estimate of drug-likeness (QED) is 0.736. The highest BCUT2D eigenvalue weighted by Crippen LogP contribution is 2.23. The fourth-order valence-electron chi connectivity index (χ4n) is 3.66. The van der Waals surface area contributed by atoms with E-state index in [-0.39, 0.29) is 0 Å². The molecule has 1 aliphatic heterocycles. The van der Waals surface area contributed by atoms with Gasteiger partial charge in [-0.15, -0.1) is 0 Å². The largest absolute Gasteiger partial charge is 0.493 e. The summed E-state index contributed by atoms with van der Waals surface area (Å²) in [5.41, 5.74) is 4.13. The summed E-state index contributed by atoms with van der Waals surface area (Å²) in [6, 6.07) is 17.9. The third-order valence-electron chi connectivity index (χ3n) is 5.28. The molecule has 2 nitrogen and oxygen atoms in total. The van der Waals surface area contributed by atoms with E-state index in [0.717, 1.165) is 31.6 Å². The molecule has 1 atom stereocenters. The van der Waals surface area contributed by atoms with Crippen LogP contribution in [0.5, 0.6) is 5.75 Å². The van der Waals surface area contributed by atoms with Crippen molar-refractivity contribution in [2.75, 3.05) is 20.2 Å². The molecule has 0 N–H and O–H groups in total. The lowest BCUT2D eigenvalue weighted by molar-refractivity contribution is 0.232. The zero-order valence-electron chi connectivity index (χ0n) is 15.0. The smallest absolute Gasteiger partial charge is 0.122 e. The molecule has 0 aliphatic carbocycles. The summed E-state index contributed by atoms with van der Waals surface area (Å²) in [5, 5.41) is 0. The maximum atomic E-state index is 6.14. The van der Waals surface area contributed by atoms with Crippen LogP contribution in [0.3, 0.4) is 0 Å². The maximum Gasteiger partial charge on any atom is 0.122 e. The average molecular weight is 323 g/mol. The lowest BCUT2D eigenvalue weighted by atomic mass is 10.0. The number of ether oxygens (including phenoxy) is 1. The predicted molar refractivity (Wildman–Crippen MR) is 101 cm³/mol. The first kappa shape index (κ1) is 17.0. The number of rotatable bonds is 7. The van der Waals surface area contributed by atoms with E-state index >= 15 is 0 Å². The summed E-state index contributed by atoms with van der Waals surface area (Å²) in [4.78, 5) is 2.47. The van der Waals surface area contributed by atoms with E-state index in [1.807, 2.05) is 0 Å². The van der Waals surface area contributed by atoms with Gasteiger partial charge in [-0.3, -0.25) is 0 Å². The lowest BCUT2D eigenvalue weighted by Gasteiger charge is -2.20. The molecule has 1 unspecified atom stereocenters. The fraction of sp³-hybridized carbons (Fsp3) is 0.455. The SMILES string of the molecule is Cc1ccccc1CCc1ccccc1OCCC1CCCN1C. The Bertz CT molecular complexity index is 652. The molecule has 0 radical (unpaired) electrons. The van der Waals surface area contributed by atoms with Crippen molar-refractivity contribution in [2.45, 2.75) is 45.1 Å². The van der Waals surface area contributed by atoms with Crippen LogP contribution in [0, 0.1) is 6.92 Å². The summed E-state index contributed by atoms with van der Waals surface area (Å²) in [6.07, 6.45) is 5.87. The lowest BCUT2D eigenvalue weighted by Crippen LogP contribution is -2.26. The Hall–Kier alpha value is -1.80. The molecule has 0 bridgehead atoms. The van der Waals surface area contributed by atoms with Gasteiger partial charge in [0, 0.05) is 6.04 Å². The highest BCUT2D eigenvalue weighted by molar-refractivity contribution is 5.35. The summed E-state index contributed by atoms with van der Waals surface area (Å²) in [5.74, 6) is 1.06. The summed E-state index contributed by atoms with van der Waals surface area (Å²) >= 11 is 0. The van der Waals surface area contributed by atoms with E-state index in [2.05, 4.69) is 67.4 Å². The third kappa shape index (κ3) is 4.39. The van der Waals surface area contributed by atoms with Gasteiger partial charge >= 0.3 is 0 Å². The third-order valence-corrected chi connectivity index (χ3v) is 5.28. The molecular formula is C22H29NO. The molecule has 1 fully saturated rings. The van der Waals surface area contributed by atoms with E-state index in [1.54, 1.807) is 0 Å². The Balaban J connectivity index is 1.55. The first-order valence-electron chi connectivity index (χ1n) is 9.19. The van der Waals surface area contributed by atoms with Gasteiger partial charge < -0.3 is 9.64 Å². The van der Waals surface area contributed by atoms with Crippen molar-refractivity contribution in [3.8, 4) is 5.75 Å². The van der Waals surface area contributed by atoms with E-state index in [0.29, 0.717) is 6.04 Å². The van der Waals surface area contributed by atoms with Gasteiger partial charge in [0.15, 0.2) is 0 Å². The van der Waals surface area contributed by atoms with Crippen LogP contribution >= 0.6 is 0 Å². The number of hydrogen-bond acceptors (Lipinski definition) is 2. The number of aryl methyl sites for hydroxylation is 3. The van der Waals surface area contributed by atoms with Gasteiger partial charge in [0.05, 0.1) is 6.61 Å². The molecule has 0 aromatic heterocycles. The highest BCUT2D eigenvalue weighted by atomic mass is 16.5. The molecule has 24 heavy (non-hydrogen) atoms. The van der Waals surface area contributed by atoms with Crippen molar-refractivity contribution in [2.24, 2.45) is 0 Å². The fourth-order valence-corrected chi connectivity index (χ4v) is 3.66. The van der Waals surface area contributed by atoms with Gasteiger partial charge in [-0.05, 0) is 75.4 Å². The summed E-state index contributed by atoms with van der Waals surface area (Å²) in [7, 11) is 2.23. The van der Waals surface area contributed by atoms with Gasteiger partial charge in [0.2, 0.25) is 0 Å². The van der Waals surface area contributed by atoms with Gasteiger partial charge in [-0.2, -0.15) is 0 Å². The number of nitrogens with zero attached hydrogens (tertiary/aromatic N) is 1. The van der Waals surface area contributed by atoms with Gasteiger partial charge in [-0.25, -0.2) is 0 Å². The van der Waals surface area contributed by atoms with Crippen LogP contribution in [0.25, 0.3) is 0 Å². The molecular weight excluding hydrogens is 294 g/mol. The van der Waals surface area contributed by atoms with Crippen LogP contribution < -0.4 is 4.74 Å². The minimum atomic E-state index is 0.698. The second-order valence-electron chi connectivity index (χ2n) is 6.95. The van der Waals surface area contributed by atoms with Crippen molar-refractivity contribution in [3.63, 3.8) is 0 Å². The van der Waals surface area contributed by atoms with Gasteiger partial charge in [0.25, 0.3) is 0 Å². The van der Waals surface area contributed by atoms with Crippen molar-refractivity contribution in [1.29, 1.82) is 0 Å². The Morgan fingerprint density at radius 3 is 2.46 bits per heavy atom. The van der Waals surface area contributed by atoms with E-state index in [1.165, 1.54) is 36.1 Å². The zero-order valence-corrected chi connectivity index (χ0v) is 15.0. The topological polar surface area (TPSA) is 12.5 Å². The van der Waals surface area contributed by atoms with Crippen LogP contribution in [0.15, 0.2) is 48.5 Å². The van der Waals surface area contributed by atoms with Crippen molar-refractivity contribution >= 4 is 0 Å². The summed E-state index contributed by atoms with van der Waals surface area (Å²) in [6.45, 7) is 4.24. The normalized spacial score (nSPS) is 18.0. The molecule has 1 aliphatic rings. The second kappa shape index (κ2) is 8.34. The van der Waals surface area contributed by atoms with E-state index < -0.39 is 0 Å². The molecule has 2 heteroatoms. The van der Waals surface area contributed by atoms with E-state index in [4.69, 9.17) is 4.74 Å². The van der Waals surface area contributed by atoms with Crippen molar-refractivity contribution in [3.05, 3.63) is 65.2 Å². The summed E-state index contributed by atoms with van der Waals surface area (Å²) < 4.78 is 6.14. The first-order chi connectivity index (χ1) is 11.7. The number of likely N-dealkylation sites (tertiary alicyclic amines) is 1. The van der Waals surface area contributed by atoms with Crippen molar-refractivity contribution < 1.29 is 4.74 Å². The minimum Gasteiger partial charge on any atom is -0.493 e. The molecule has 2 aromatic rings. The molecule has 3 rings (SSSR count). The highest BCUT2D eigenvalue weighted by Gasteiger charge is 2.20. The minimum absolute atomic E-state index is 0.698. The molecule has 0 amide bonds. The predicted octanol–water partition coefficient (Wildman–Crippen LogP) is 4.64. The molecule has 128 valence electrons. The Kier molecular flexibility index (Phi) is 5.92. The number of para-hydroxylation sites is 1.